The van der Waals surface area contributed by atoms with Crippen LogP contribution in [-0.2, 0) is 13.1 Å². The van der Waals surface area contributed by atoms with E-state index in [1.165, 1.54) is 34.0 Å². The van der Waals surface area contributed by atoms with Crippen LogP contribution in [0.1, 0.15) is 22.7 Å². The lowest BCUT2D eigenvalue weighted by molar-refractivity contribution is 0.211. The van der Waals surface area contributed by atoms with Crippen LogP contribution in [0.15, 0.2) is 60.7 Å². The minimum Gasteiger partial charge on any atom is -0.329 e. The Morgan fingerprint density at radius 2 is 1.78 bits per heavy atom. The van der Waals surface area contributed by atoms with Crippen molar-refractivity contribution in [2.75, 3.05) is 6.54 Å². The lowest BCUT2D eigenvalue weighted by Gasteiger charge is -2.23. The summed E-state index contributed by atoms with van der Waals surface area (Å²) in [6.45, 7) is 2.26. The molecule has 1 unspecified atom stereocenters. The van der Waals surface area contributed by atoms with Crippen molar-refractivity contribution in [2.45, 2.75) is 19.1 Å². The fourth-order valence-electron chi connectivity index (χ4n) is 3.62. The van der Waals surface area contributed by atoms with Crippen molar-refractivity contribution in [2.24, 2.45) is 5.73 Å². The number of fused-ring (bicyclic) bond motifs is 3. The van der Waals surface area contributed by atoms with E-state index in [0.717, 1.165) is 18.7 Å². The third kappa shape index (κ3) is 2.52. The molecule has 0 amide bonds. The molecule has 23 heavy (non-hydrogen) atoms. The van der Waals surface area contributed by atoms with Crippen LogP contribution >= 0.6 is 0 Å². The third-order valence-corrected chi connectivity index (χ3v) is 4.76. The Bertz CT molecular complexity index is 842. The monoisotopic (exact) mass is 306 g/mol. The van der Waals surface area contributed by atoms with Crippen LogP contribution < -0.4 is 5.73 Å². The summed E-state index contributed by atoms with van der Waals surface area (Å²) >= 11 is 0. The first kappa shape index (κ1) is 14.4. The van der Waals surface area contributed by atoms with Gasteiger partial charge in [0.15, 0.2) is 0 Å². The highest BCUT2D eigenvalue weighted by molar-refractivity contribution is 5.87. The van der Waals surface area contributed by atoms with E-state index in [4.69, 9.17) is 5.73 Å². The first-order valence-corrected chi connectivity index (χ1v) is 7.95. The van der Waals surface area contributed by atoms with Crippen LogP contribution in [0, 0.1) is 5.82 Å². The van der Waals surface area contributed by atoms with Gasteiger partial charge in [-0.2, -0.15) is 0 Å². The van der Waals surface area contributed by atoms with Crippen molar-refractivity contribution < 1.29 is 4.39 Å². The van der Waals surface area contributed by atoms with Gasteiger partial charge in [-0.25, -0.2) is 4.39 Å². The van der Waals surface area contributed by atoms with Gasteiger partial charge in [-0.3, -0.25) is 4.90 Å². The molecule has 1 atom stereocenters. The van der Waals surface area contributed by atoms with Crippen LogP contribution in [0.3, 0.4) is 0 Å². The van der Waals surface area contributed by atoms with E-state index in [0.29, 0.717) is 6.54 Å². The molecule has 3 heteroatoms. The largest absolute Gasteiger partial charge is 0.329 e. The molecule has 1 aliphatic heterocycles. The highest BCUT2D eigenvalue weighted by Crippen LogP contribution is 2.38. The Hall–Kier alpha value is -2.23. The summed E-state index contributed by atoms with van der Waals surface area (Å²) in [6.07, 6.45) is 0. The second-order valence-corrected chi connectivity index (χ2v) is 6.14. The Morgan fingerprint density at radius 3 is 2.57 bits per heavy atom. The zero-order valence-electron chi connectivity index (χ0n) is 12.9. The van der Waals surface area contributed by atoms with Gasteiger partial charge in [-0.1, -0.05) is 48.5 Å². The molecule has 1 aliphatic rings. The summed E-state index contributed by atoms with van der Waals surface area (Å²) in [6, 6.07) is 19.8. The van der Waals surface area contributed by atoms with Crippen LogP contribution in [0.5, 0.6) is 0 Å². The molecule has 0 fully saturated rings. The van der Waals surface area contributed by atoms with E-state index in [9.17, 15) is 4.39 Å². The molecule has 4 rings (SSSR count). The Morgan fingerprint density at radius 1 is 1.00 bits per heavy atom. The second kappa shape index (κ2) is 5.76. The van der Waals surface area contributed by atoms with Gasteiger partial charge in [-0.05, 0) is 39.6 Å². The Kier molecular flexibility index (Phi) is 3.60. The highest BCUT2D eigenvalue weighted by atomic mass is 19.1. The van der Waals surface area contributed by atoms with Crippen LogP contribution in [0.4, 0.5) is 4.39 Å². The summed E-state index contributed by atoms with van der Waals surface area (Å²) < 4.78 is 13.1. The average Bonchev–Trinajstić information content (AvgIpc) is 2.94. The topological polar surface area (TPSA) is 29.3 Å². The van der Waals surface area contributed by atoms with E-state index in [-0.39, 0.29) is 11.9 Å². The molecule has 116 valence electrons. The molecule has 0 bridgehead atoms. The van der Waals surface area contributed by atoms with Gasteiger partial charge in [0.2, 0.25) is 0 Å². The van der Waals surface area contributed by atoms with E-state index >= 15 is 0 Å². The van der Waals surface area contributed by atoms with Crippen molar-refractivity contribution in [1.82, 2.24) is 4.90 Å². The third-order valence-electron chi connectivity index (χ3n) is 4.76. The molecule has 0 aliphatic carbocycles. The number of nitrogens with two attached hydrogens (primary N) is 1. The molecular formula is C20H19FN2. The Balaban J connectivity index is 1.70. The smallest absolute Gasteiger partial charge is 0.123 e. The standard InChI is InChI=1S/C20H19FN2/c21-16-8-5-14(6-9-16)12-23-13-19-17-4-2-1-3-15(17)7-10-18(19)20(23)11-22/h1-10,20H,11-13,22H2. The minimum atomic E-state index is -0.195. The first-order valence-electron chi connectivity index (χ1n) is 7.95. The molecule has 2 nitrogen and oxygen atoms in total. The van der Waals surface area contributed by atoms with Gasteiger partial charge >= 0.3 is 0 Å². The van der Waals surface area contributed by atoms with Crippen LogP contribution in [0.25, 0.3) is 10.8 Å². The van der Waals surface area contributed by atoms with Crippen molar-refractivity contribution in [3.63, 3.8) is 0 Å². The SMILES string of the molecule is NCC1c2ccc3ccccc3c2CN1Cc1ccc(F)cc1. The molecule has 3 aromatic carbocycles. The molecule has 0 spiro atoms. The highest BCUT2D eigenvalue weighted by Gasteiger charge is 2.30. The first-order chi connectivity index (χ1) is 11.3. The van der Waals surface area contributed by atoms with E-state index in [2.05, 4.69) is 41.3 Å². The van der Waals surface area contributed by atoms with Crippen LogP contribution in [0.2, 0.25) is 0 Å². The number of hydrogen-bond donors (Lipinski definition) is 1. The lowest BCUT2D eigenvalue weighted by Crippen LogP contribution is -2.27. The maximum absolute atomic E-state index is 13.1. The fraction of sp³-hybridized carbons (Fsp3) is 0.200. The van der Waals surface area contributed by atoms with Gasteiger partial charge in [-0.15, -0.1) is 0 Å². The molecule has 0 radical (unpaired) electrons. The average molecular weight is 306 g/mol. The predicted octanol–water partition coefficient (Wildman–Crippen LogP) is 3.99. The summed E-state index contributed by atoms with van der Waals surface area (Å²) in [5.74, 6) is -0.195. The summed E-state index contributed by atoms with van der Waals surface area (Å²) in [5.41, 5.74) is 9.87. The number of halogens is 1. The maximum atomic E-state index is 13.1. The lowest BCUT2D eigenvalue weighted by atomic mass is 9.98. The number of rotatable bonds is 3. The van der Waals surface area contributed by atoms with E-state index in [1.807, 2.05) is 12.1 Å². The zero-order valence-corrected chi connectivity index (χ0v) is 12.9. The molecule has 2 N–H and O–H groups in total. The Labute approximate surface area is 135 Å². The molecule has 1 heterocycles. The molecular weight excluding hydrogens is 287 g/mol. The molecule has 0 aromatic heterocycles. The van der Waals surface area contributed by atoms with Gasteiger partial charge in [0.05, 0.1) is 0 Å². The quantitative estimate of drug-likeness (QED) is 0.792. The molecule has 0 saturated heterocycles. The maximum Gasteiger partial charge on any atom is 0.123 e. The molecule has 0 saturated carbocycles. The van der Waals surface area contributed by atoms with Crippen molar-refractivity contribution in [1.29, 1.82) is 0 Å². The van der Waals surface area contributed by atoms with Gasteiger partial charge < -0.3 is 5.73 Å². The molecule has 3 aromatic rings. The summed E-state index contributed by atoms with van der Waals surface area (Å²) in [4.78, 5) is 2.38. The van der Waals surface area contributed by atoms with E-state index in [1.54, 1.807) is 0 Å². The normalized spacial score (nSPS) is 17.6. The minimum absolute atomic E-state index is 0.195. The second-order valence-electron chi connectivity index (χ2n) is 6.14. The summed E-state index contributed by atoms with van der Waals surface area (Å²) in [5, 5.41) is 2.58. The van der Waals surface area contributed by atoms with Gasteiger partial charge in [0, 0.05) is 25.7 Å². The zero-order chi connectivity index (χ0) is 15.8. The fourth-order valence-corrected chi connectivity index (χ4v) is 3.62. The van der Waals surface area contributed by atoms with Gasteiger partial charge in [0.1, 0.15) is 5.82 Å². The van der Waals surface area contributed by atoms with Crippen molar-refractivity contribution in [3.8, 4) is 0 Å². The van der Waals surface area contributed by atoms with Crippen molar-refractivity contribution >= 4 is 10.8 Å². The predicted molar refractivity (Wildman–Crippen MR) is 91.4 cm³/mol. The van der Waals surface area contributed by atoms with Gasteiger partial charge in [0.25, 0.3) is 0 Å². The van der Waals surface area contributed by atoms with Crippen molar-refractivity contribution in [3.05, 3.63) is 83.2 Å². The number of nitrogens with zero attached hydrogens (tertiary/aromatic N) is 1. The van der Waals surface area contributed by atoms with E-state index < -0.39 is 0 Å². The number of hydrogen-bond acceptors (Lipinski definition) is 2. The van der Waals surface area contributed by atoms with Crippen LogP contribution in [-0.4, -0.2) is 11.4 Å². The summed E-state index contributed by atoms with van der Waals surface area (Å²) in [7, 11) is 0. The number of benzene rings is 3.